The number of fused-ring (bicyclic) bond motifs is 1. The lowest BCUT2D eigenvalue weighted by molar-refractivity contribution is -0.123. The van der Waals surface area contributed by atoms with Crippen LogP contribution in [0.1, 0.15) is 48.5 Å². The van der Waals surface area contributed by atoms with Crippen molar-refractivity contribution in [1.29, 1.82) is 0 Å². The van der Waals surface area contributed by atoms with Gasteiger partial charge in [0.2, 0.25) is 5.91 Å². The summed E-state index contributed by atoms with van der Waals surface area (Å²) in [5.41, 5.74) is 3.74. The van der Waals surface area contributed by atoms with Crippen LogP contribution in [-0.2, 0) is 11.8 Å². The fourth-order valence-electron chi connectivity index (χ4n) is 3.17. The molecule has 0 aliphatic heterocycles. The Morgan fingerprint density at radius 2 is 1.96 bits per heavy atom. The summed E-state index contributed by atoms with van der Waals surface area (Å²) in [5, 5.41) is 8.49. The molecule has 0 fully saturated rings. The summed E-state index contributed by atoms with van der Waals surface area (Å²) in [6.07, 6.45) is 0. The van der Waals surface area contributed by atoms with E-state index in [9.17, 15) is 4.79 Å². The van der Waals surface area contributed by atoms with E-state index < -0.39 is 0 Å². The fourth-order valence-corrected chi connectivity index (χ4v) is 3.17. The molecule has 0 aliphatic carbocycles. The van der Waals surface area contributed by atoms with E-state index in [0.717, 1.165) is 33.7 Å². The van der Waals surface area contributed by atoms with Crippen molar-refractivity contribution >= 4 is 16.9 Å². The lowest BCUT2D eigenvalue weighted by atomic mass is 9.98. The maximum Gasteiger partial charge on any atom is 0.227 e. The summed E-state index contributed by atoms with van der Waals surface area (Å²) in [4.78, 5) is 12.7. The van der Waals surface area contributed by atoms with Crippen molar-refractivity contribution in [1.82, 2.24) is 15.1 Å². The Labute approximate surface area is 141 Å². The topological polar surface area (TPSA) is 60.1 Å². The smallest absolute Gasteiger partial charge is 0.227 e. The molecular formula is C19H23N3O2. The minimum Gasteiger partial charge on any atom is -0.459 e. The Kier molecular flexibility index (Phi) is 4.18. The number of hydrogen-bond donors (Lipinski definition) is 1. The molecule has 3 aromatic rings. The van der Waals surface area contributed by atoms with Gasteiger partial charge in [-0.25, -0.2) is 0 Å². The number of carbonyl (C=O) groups is 1. The summed E-state index contributed by atoms with van der Waals surface area (Å²) < 4.78 is 7.65. The fraction of sp³-hybridized carbons (Fsp3) is 0.368. The van der Waals surface area contributed by atoms with Gasteiger partial charge in [-0.05, 0) is 39.8 Å². The van der Waals surface area contributed by atoms with Gasteiger partial charge in [0.1, 0.15) is 11.3 Å². The molecule has 3 rings (SSSR count). The predicted octanol–water partition coefficient (Wildman–Crippen LogP) is 3.76. The first-order valence-electron chi connectivity index (χ1n) is 8.17. The summed E-state index contributed by atoms with van der Waals surface area (Å²) in [6, 6.07) is 9.63. The zero-order chi connectivity index (χ0) is 17.4. The minimum atomic E-state index is -0.259. The van der Waals surface area contributed by atoms with Crippen molar-refractivity contribution in [2.24, 2.45) is 7.05 Å². The van der Waals surface area contributed by atoms with Gasteiger partial charge >= 0.3 is 0 Å². The van der Waals surface area contributed by atoms with Gasteiger partial charge in [-0.1, -0.05) is 18.2 Å². The molecule has 0 bridgehead atoms. The van der Waals surface area contributed by atoms with Gasteiger partial charge in [0, 0.05) is 23.7 Å². The van der Waals surface area contributed by atoms with Gasteiger partial charge in [-0.3, -0.25) is 9.48 Å². The van der Waals surface area contributed by atoms with Crippen LogP contribution < -0.4 is 5.32 Å². The molecule has 0 unspecified atom stereocenters. The average Bonchev–Trinajstić information content (AvgIpc) is 3.08. The van der Waals surface area contributed by atoms with Crippen LogP contribution in [-0.4, -0.2) is 15.7 Å². The normalized spacial score (nSPS) is 13.9. The Morgan fingerprint density at radius 3 is 2.58 bits per heavy atom. The molecule has 0 saturated heterocycles. The number of hydrogen-bond acceptors (Lipinski definition) is 3. The van der Waals surface area contributed by atoms with Gasteiger partial charge < -0.3 is 9.73 Å². The van der Waals surface area contributed by atoms with Crippen LogP contribution in [0.5, 0.6) is 0 Å². The molecular weight excluding hydrogens is 302 g/mol. The molecule has 2 atom stereocenters. The summed E-state index contributed by atoms with van der Waals surface area (Å²) in [5.74, 6) is 0.476. The maximum absolute atomic E-state index is 12.7. The third-order valence-corrected chi connectivity index (χ3v) is 4.62. The molecule has 0 aliphatic rings. The SMILES string of the molecule is Cc1nn(C)c(C)c1[C@H](C)C(=O)N[C@H](C)c1cc2ccccc2o1. The molecule has 2 heterocycles. The number of furan rings is 1. The van der Waals surface area contributed by atoms with E-state index in [2.05, 4.69) is 10.4 Å². The second-order valence-corrected chi connectivity index (χ2v) is 6.35. The van der Waals surface area contributed by atoms with E-state index in [1.807, 2.05) is 69.8 Å². The molecule has 126 valence electrons. The number of nitrogens with one attached hydrogen (secondary N) is 1. The van der Waals surface area contributed by atoms with Crippen LogP contribution in [0.4, 0.5) is 0 Å². The monoisotopic (exact) mass is 325 g/mol. The first-order valence-corrected chi connectivity index (χ1v) is 8.17. The van der Waals surface area contributed by atoms with Crippen molar-refractivity contribution < 1.29 is 9.21 Å². The number of aromatic nitrogens is 2. The number of amides is 1. The van der Waals surface area contributed by atoms with Gasteiger partial charge in [-0.15, -0.1) is 0 Å². The van der Waals surface area contributed by atoms with Crippen molar-refractivity contribution in [3.63, 3.8) is 0 Å². The maximum atomic E-state index is 12.7. The highest BCUT2D eigenvalue weighted by Crippen LogP contribution is 2.26. The van der Waals surface area contributed by atoms with Crippen LogP contribution >= 0.6 is 0 Å². The molecule has 0 spiro atoms. The Bertz CT molecular complexity index is 858. The lowest BCUT2D eigenvalue weighted by Gasteiger charge is -2.16. The van der Waals surface area contributed by atoms with E-state index in [0.29, 0.717) is 0 Å². The standard InChI is InChI=1S/C19H23N3O2/c1-11(18-13(3)21-22(5)14(18)4)19(23)20-12(2)17-10-15-8-6-7-9-16(15)24-17/h6-12H,1-5H3,(H,20,23)/t11-,12+/m0/s1. The summed E-state index contributed by atoms with van der Waals surface area (Å²) in [7, 11) is 1.90. The van der Waals surface area contributed by atoms with E-state index in [1.165, 1.54) is 0 Å². The largest absolute Gasteiger partial charge is 0.459 e. The lowest BCUT2D eigenvalue weighted by Crippen LogP contribution is -2.30. The molecule has 0 radical (unpaired) electrons. The number of rotatable bonds is 4. The van der Waals surface area contributed by atoms with Crippen molar-refractivity contribution in [2.75, 3.05) is 0 Å². The molecule has 24 heavy (non-hydrogen) atoms. The summed E-state index contributed by atoms with van der Waals surface area (Å²) >= 11 is 0. The first-order chi connectivity index (χ1) is 11.4. The highest BCUT2D eigenvalue weighted by Gasteiger charge is 2.24. The van der Waals surface area contributed by atoms with Crippen LogP contribution in [0.3, 0.4) is 0 Å². The molecule has 1 amide bonds. The van der Waals surface area contributed by atoms with Crippen molar-refractivity contribution in [3.05, 3.63) is 53.0 Å². The number of para-hydroxylation sites is 1. The molecule has 1 aromatic carbocycles. The van der Waals surface area contributed by atoms with E-state index in [1.54, 1.807) is 0 Å². The van der Waals surface area contributed by atoms with E-state index >= 15 is 0 Å². The highest BCUT2D eigenvalue weighted by molar-refractivity contribution is 5.84. The number of aryl methyl sites for hydroxylation is 2. The van der Waals surface area contributed by atoms with Crippen LogP contribution in [0.15, 0.2) is 34.7 Å². The zero-order valence-electron chi connectivity index (χ0n) is 14.8. The van der Waals surface area contributed by atoms with E-state index in [4.69, 9.17) is 4.42 Å². The molecule has 0 saturated carbocycles. The van der Waals surface area contributed by atoms with Crippen LogP contribution in [0.25, 0.3) is 11.0 Å². The molecule has 2 aromatic heterocycles. The third-order valence-electron chi connectivity index (χ3n) is 4.62. The highest BCUT2D eigenvalue weighted by atomic mass is 16.3. The van der Waals surface area contributed by atoms with Gasteiger partial charge in [0.25, 0.3) is 0 Å². The molecule has 5 heteroatoms. The van der Waals surface area contributed by atoms with Gasteiger partial charge in [-0.2, -0.15) is 5.10 Å². The van der Waals surface area contributed by atoms with Crippen molar-refractivity contribution in [2.45, 2.75) is 39.7 Å². The van der Waals surface area contributed by atoms with E-state index in [-0.39, 0.29) is 17.9 Å². The Hall–Kier alpha value is -2.56. The van der Waals surface area contributed by atoms with Gasteiger partial charge in [0.15, 0.2) is 0 Å². The molecule has 1 N–H and O–H groups in total. The first kappa shape index (κ1) is 16.3. The second-order valence-electron chi connectivity index (χ2n) is 6.35. The second kappa shape index (κ2) is 6.15. The summed E-state index contributed by atoms with van der Waals surface area (Å²) in [6.45, 7) is 7.78. The zero-order valence-corrected chi connectivity index (χ0v) is 14.8. The van der Waals surface area contributed by atoms with Crippen LogP contribution in [0, 0.1) is 13.8 Å². The number of benzene rings is 1. The quantitative estimate of drug-likeness (QED) is 0.794. The Morgan fingerprint density at radius 1 is 1.25 bits per heavy atom. The number of nitrogens with zero attached hydrogens (tertiary/aromatic N) is 2. The predicted molar refractivity (Wildman–Crippen MR) is 93.9 cm³/mol. The Balaban J connectivity index is 1.78. The minimum absolute atomic E-state index is 0.0258. The van der Waals surface area contributed by atoms with Crippen molar-refractivity contribution in [3.8, 4) is 0 Å². The van der Waals surface area contributed by atoms with Crippen LogP contribution in [0.2, 0.25) is 0 Å². The van der Waals surface area contributed by atoms with Gasteiger partial charge in [0.05, 0.1) is 17.7 Å². The number of carbonyl (C=O) groups excluding carboxylic acids is 1. The average molecular weight is 325 g/mol. The third kappa shape index (κ3) is 2.82. The molecule has 5 nitrogen and oxygen atoms in total.